The first-order valence-corrected chi connectivity index (χ1v) is 8.22. The second-order valence-corrected chi connectivity index (χ2v) is 6.04. The number of rotatable bonds is 3. The van der Waals surface area contributed by atoms with Crippen molar-refractivity contribution < 1.29 is 14.6 Å². The number of nitrogens with zero attached hydrogens (tertiary/aromatic N) is 2. The molecule has 0 spiro atoms. The van der Waals surface area contributed by atoms with Crippen molar-refractivity contribution in [2.45, 2.75) is 5.92 Å². The highest BCUT2D eigenvalue weighted by Crippen LogP contribution is 2.46. The van der Waals surface area contributed by atoms with E-state index < -0.39 is 5.92 Å². The highest BCUT2D eigenvalue weighted by Gasteiger charge is 2.35. The van der Waals surface area contributed by atoms with Crippen LogP contribution in [0.3, 0.4) is 0 Å². The Morgan fingerprint density at radius 2 is 2.04 bits per heavy atom. The number of aromatic nitrogens is 2. The number of H-pyrrole nitrogens is 1. The second kappa shape index (κ2) is 6.42. The molecule has 0 saturated heterocycles. The Morgan fingerprint density at radius 1 is 1.26 bits per heavy atom. The van der Waals surface area contributed by atoms with Crippen molar-refractivity contribution >= 4 is 0 Å². The van der Waals surface area contributed by atoms with Gasteiger partial charge in [-0.05, 0) is 23.3 Å². The van der Waals surface area contributed by atoms with Gasteiger partial charge < -0.3 is 20.3 Å². The van der Waals surface area contributed by atoms with Crippen LogP contribution in [0.25, 0.3) is 11.3 Å². The van der Waals surface area contributed by atoms with Gasteiger partial charge in [0.2, 0.25) is 11.8 Å². The van der Waals surface area contributed by atoms with Crippen LogP contribution >= 0.6 is 0 Å². The summed E-state index contributed by atoms with van der Waals surface area (Å²) < 4.78 is 10.8. The van der Waals surface area contributed by atoms with Gasteiger partial charge in [-0.3, -0.25) is 5.10 Å². The fraction of sp³-hybridized carbons (Fsp3) is 0.100. The normalized spacial score (nSPS) is 15.6. The van der Waals surface area contributed by atoms with Crippen molar-refractivity contribution in [3.63, 3.8) is 0 Å². The quantitative estimate of drug-likeness (QED) is 0.661. The first kappa shape index (κ1) is 16.5. The Bertz CT molecular complexity index is 1080. The van der Waals surface area contributed by atoms with Gasteiger partial charge in [0.25, 0.3) is 0 Å². The summed E-state index contributed by atoms with van der Waals surface area (Å²) in [7, 11) is 1.47. The minimum Gasteiger partial charge on any atom is -0.504 e. The molecule has 4 rings (SSSR count). The van der Waals surface area contributed by atoms with Crippen LogP contribution in [0.5, 0.6) is 17.4 Å². The third-order valence-corrected chi connectivity index (χ3v) is 4.54. The molecule has 2 aromatic carbocycles. The zero-order valence-electron chi connectivity index (χ0n) is 14.4. The van der Waals surface area contributed by atoms with Crippen LogP contribution in [0.1, 0.15) is 17.0 Å². The van der Waals surface area contributed by atoms with E-state index in [1.54, 1.807) is 12.1 Å². The summed E-state index contributed by atoms with van der Waals surface area (Å²) in [5, 5.41) is 26.9. The van der Waals surface area contributed by atoms with Gasteiger partial charge in [-0.1, -0.05) is 36.4 Å². The van der Waals surface area contributed by atoms with E-state index in [2.05, 4.69) is 16.3 Å². The van der Waals surface area contributed by atoms with Gasteiger partial charge >= 0.3 is 0 Å². The average Bonchev–Trinajstić information content (AvgIpc) is 3.11. The lowest BCUT2D eigenvalue weighted by Gasteiger charge is -2.24. The topological polar surface area (TPSA) is 117 Å². The van der Waals surface area contributed by atoms with E-state index in [0.29, 0.717) is 17.2 Å². The molecule has 27 heavy (non-hydrogen) atoms. The van der Waals surface area contributed by atoms with Crippen LogP contribution in [0.15, 0.2) is 60.0 Å². The van der Waals surface area contributed by atoms with Crippen LogP contribution in [-0.4, -0.2) is 22.4 Å². The molecule has 1 aliphatic rings. The minimum absolute atomic E-state index is 0.00755. The molecule has 134 valence electrons. The van der Waals surface area contributed by atoms with Gasteiger partial charge in [0.15, 0.2) is 11.5 Å². The number of allylic oxidation sites excluding steroid dienone is 1. The van der Waals surface area contributed by atoms with E-state index in [9.17, 15) is 10.4 Å². The molecule has 0 bridgehead atoms. The molecule has 0 fully saturated rings. The smallest absolute Gasteiger partial charge is 0.244 e. The average molecular weight is 360 g/mol. The Hall–Kier alpha value is -3.92. The molecule has 0 radical (unpaired) electrons. The predicted molar refractivity (Wildman–Crippen MR) is 98.0 cm³/mol. The van der Waals surface area contributed by atoms with E-state index in [-0.39, 0.29) is 17.2 Å². The summed E-state index contributed by atoms with van der Waals surface area (Å²) in [6.45, 7) is 0. The number of aromatic hydroxyl groups is 1. The number of methoxy groups -OCH3 is 1. The third kappa shape index (κ3) is 2.64. The Balaban J connectivity index is 1.96. The molecule has 1 aromatic heterocycles. The number of nitriles is 1. The summed E-state index contributed by atoms with van der Waals surface area (Å²) >= 11 is 0. The number of phenols is 1. The SMILES string of the molecule is COc1cc([C@@H]2C(C#N)=C(N)Oc3n[nH]c(-c4ccccc4)c32)ccc1O. The number of hydrogen-bond donors (Lipinski definition) is 3. The number of fused-ring (bicyclic) bond motifs is 1. The molecule has 0 unspecified atom stereocenters. The summed E-state index contributed by atoms with van der Waals surface area (Å²) in [5.41, 5.74) is 9.33. The zero-order chi connectivity index (χ0) is 19.0. The van der Waals surface area contributed by atoms with E-state index in [4.69, 9.17) is 15.2 Å². The molecule has 4 N–H and O–H groups in total. The Morgan fingerprint density at radius 3 is 2.74 bits per heavy atom. The zero-order valence-corrected chi connectivity index (χ0v) is 14.4. The summed E-state index contributed by atoms with van der Waals surface area (Å²) in [4.78, 5) is 0. The number of aromatic amines is 1. The number of benzene rings is 2. The molecular weight excluding hydrogens is 344 g/mol. The molecule has 1 atom stereocenters. The number of ether oxygens (including phenoxy) is 2. The highest BCUT2D eigenvalue weighted by molar-refractivity contribution is 5.71. The van der Waals surface area contributed by atoms with Gasteiger partial charge in [-0.15, -0.1) is 5.10 Å². The first-order valence-electron chi connectivity index (χ1n) is 8.22. The molecule has 1 aliphatic heterocycles. The van der Waals surface area contributed by atoms with Crippen LogP contribution < -0.4 is 15.2 Å². The largest absolute Gasteiger partial charge is 0.504 e. The van der Waals surface area contributed by atoms with Gasteiger partial charge in [0, 0.05) is 0 Å². The third-order valence-electron chi connectivity index (χ3n) is 4.54. The van der Waals surface area contributed by atoms with Crippen molar-refractivity contribution in [2.24, 2.45) is 5.73 Å². The van der Waals surface area contributed by atoms with E-state index in [1.165, 1.54) is 13.2 Å². The highest BCUT2D eigenvalue weighted by atomic mass is 16.5. The van der Waals surface area contributed by atoms with Crippen molar-refractivity contribution in [1.29, 1.82) is 5.26 Å². The summed E-state index contributed by atoms with van der Waals surface area (Å²) in [6.07, 6.45) is 0. The van der Waals surface area contributed by atoms with Crippen molar-refractivity contribution in [3.05, 3.63) is 71.1 Å². The van der Waals surface area contributed by atoms with E-state index in [1.807, 2.05) is 30.3 Å². The fourth-order valence-corrected chi connectivity index (χ4v) is 3.28. The Labute approximate surface area is 155 Å². The van der Waals surface area contributed by atoms with Crippen LogP contribution in [0.2, 0.25) is 0 Å². The van der Waals surface area contributed by atoms with Crippen LogP contribution in [0.4, 0.5) is 0 Å². The van der Waals surface area contributed by atoms with Gasteiger partial charge in [0.05, 0.1) is 24.3 Å². The van der Waals surface area contributed by atoms with E-state index >= 15 is 0 Å². The number of hydrogen-bond acceptors (Lipinski definition) is 6. The fourth-order valence-electron chi connectivity index (χ4n) is 3.28. The molecule has 7 nitrogen and oxygen atoms in total. The minimum atomic E-state index is -0.512. The second-order valence-electron chi connectivity index (χ2n) is 6.04. The summed E-state index contributed by atoms with van der Waals surface area (Å²) in [5.74, 6) is 0.137. The summed E-state index contributed by atoms with van der Waals surface area (Å²) in [6, 6.07) is 16.7. The molecule has 0 aliphatic carbocycles. The van der Waals surface area contributed by atoms with Gasteiger partial charge in [-0.2, -0.15) is 5.26 Å². The first-order chi connectivity index (χ1) is 13.1. The van der Waals surface area contributed by atoms with Crippen molar-refractivity contribution in [3.8, 4) is 34.7 Å². The lowest BCUT2D eigenvalue weighted by atomic mass is 9.83. The molecule has 7 heteroatoms. The molecule has 3 aromatic rings. The van der Waals surface area contributed by atoms with Gasteiger partial charge in [-0.25, -0.2) is 0 Å². The van der Waals surface area contributed by atoms with Crippen LogP contribution in [-0.2, 0) is 0 Å². The Kier molecular flexibility index (Phi) is 3.94. The molecule has 0 amide bonds. The standard InChI is InChI=1S/C20H16N4O3/c1-26-15-9-12(7-8-14(15)25)16-13(10-21)19(22)27-20-17(16)18(23-24-20)11-5-3-2-4-6-11/h2-9,16,25H,22H2,1H3,(H,23,24)/t16-/m1/s1. The van der Waals surface area contributed by atoms with Crippen molar-refractivity contribution in [2.75, 3.05) is 7.11 Å². The molecule has 2 heterocycles. The monoisotopic (exact) mass is 360 g/mol. The predicted octanol–water partition coefficient (Wildman–Crippen LogP) is 3.01. The van der Waals surface area contributed by atoms with Crippen LogP contribution in [0, 0.1) is 11.3 Å². The lowest BCUT2D eigenvalue weighted by molar-refractivity contribution is 0.371. The maximum Gasteiger partial charge on any atom is 0.244 e. The van der Waals surface area contributed by atoms with Crippen molar-refractivity contribution in [1.82, 2.24) is 10.2 Å². The molecule has 0 saturated carbocycles. The maximum atomic E-state index is 9.93. The number of nitrogens with two attached hydrogens (primary N) is 1. The number of nitrogens with one attached hydrogen (secondary N) is 1. The number of phenolic OH excluding ortho intramolecular Hbond substituents is 1. The lowest BCUT2D eigenvalue weighted by Crippen LogP contribution is -2.21. The molecular formula is C20H16N4O3. The van der Waals surface area contributed by atoms with Gasteiger partial charge in [0.1, 0.15) is 11.6 Å². The van der Waals surface area contributed by atoms with E-state index in [0.717, 1.165) is 16.8 Å². The maximum absolute atomic E-state index is 9.93.